The van der Waals surface area contributed by atoms with Crippen molar-refractivity contribution >= 4 is 0 Å². The second-order valence-electron chi connectivity index (χ2n) is 4.20. The van der Waals surface area contributed by atoms with Crippen LogP contribution in [0.15, 0.2) is 0 Å². The number of hydrogen-bond acceptors (Lipinski definition) is 2. The molecule has 3 atom stereocenters. The van der Waals surface area contributed by atoms with E-state index in [9.17, 15) is 0 Å². The number of nitrogens with two attached hydrogens (primary N) is 1. The average Bonchev–Trinajstić information content (AvgIpc) is 2.12. The van der Waals surface area contributed by atoms with E-state index in [2.05, 4.69) is 39.5 Å². The molecular weight excluding hydrogens is 160 g/mol. The first-order valence-electron chi connectivity index (χ1n) is 5.52. The number of likely N-dealkylation sites (N-methyl/N-ethyl adjacent to an activating group) is 1. The van der Waals surface area contributed by atoms with Gasteiger partial charge < -0.3 is 5.73 Å². The predicted molar refractivity (Wildman–Crippen MR) is 59.8 cm³/mol. The number of rotatable bonds is 6. The SMILES string of the molecule is CCC(C)CN(CC)C(C)C(C)N. The molecule has 0 saturated heterocycles. The first kappa shape index (κ1) is 12.9. The van der Waals surface area contributed by atoms with E-state index in [1.807, 2.05) is 0 Å². The van der Waals surface area contributed by atoms with Crippen LogP contribution in [0, 0.1) is 5.92 Å². The van der Waals surface area contributed by atoms with E-state index >= 15 is 0 Å². The van der Waals surface area contributed by atoms with Gasteiger partial charge in [0.25, 0.3) is 0 Å². The van der Waals surface area contributed by atoms with Gasteiger partial charge in [-0.05, 0) is 26.3 Å². The topological polar surface area (TPSA) is 29.3 Å². The average molecular weight is 186 g/mol. The minimum absolute atomic E-state index is 0.268. The largest absolute Gasteiger partial charge is 0.327 e. The van der Waals surface area contributed by atoms with Gasteiger partial charge in [0.2, 0.25) is 0 Å². The summed E-state index contributed by atoms with van der Waals surface area (Å²) in [6.07, 6.45) is 1.25. The minimum Gasteiger partial charge on any atom is -0.327 e. The Kier molecular flexibility index (Phi) is 6.35. The molecule has 0 aliphatic heterocycles. The highest BCUT2D eigenvalue weighted by molar-refractivity contribution is 4.75. The molecule has 80 valence electrons. The number of hydrogen-bond donors (Lipinski definition) is 1. The summed E-state index contributed by atoms with van der Waals surface area (Å²) in [4.78, 5) is 2.47. The summed E-state index contributed by atoms with van der Waals surface area (Å²) in [7, 11) is 0. The summed E-state index contributed by atoms with van der Waals surface area (Å²) in [5, 5.41) is 0. The van der Waals surface area contributed by atoms with Crippen LogP contribution in [0.3, 0.4) is 0 Å². The normalized spacial score (nSPS) is 18.7. The lowest BCUT2D eigenvalue weighted by atomic mass is 10.1. The van der Waals surface area contributed by atoms with Gasteiger partial charge in [-0.15, -0.1) is 0 Å². The Labute approximate surface area is 83.5 Å². The Morgan fingerprint density at radius 1 is 1.15 bits per heavy atom. The van der Waals surface area contributed by atoms with Crippen molar-refractivity contribution < 1.29 is 0 Å². The van der Waals surface area contributed by atoms with E-state index in [1.165, 1.54) is 13.0 Å². The summed E-state index contributed by atoms with van der Waals surface area (Å²) >= 11 is 0. The van der Waals surface area contributed by atoms with Gasteiger partial charge in [0.15, 0.2) is 0 Å². The molecule has 2 heteroatoms. The van der Waals surface area contributed by atoms with Crippen LogP contribution in [-0.4, -0.2) is 30.1 Å². The summed E-state index contributed by atoms with van der Waals surface area (Å²) < 4.78 is 0. The first-order valence-corrected chi connectivity index (χ1v) is 5.52. The van der Waals surface area contributed by atoms with Gasteiger partial charge in [0.1, 0.15) is 0 Å². The van der Waals surface area contributed by atoms with Crippen LogP contribution in [-0.2, 0) is 0 Å². The molecule has 0 aliphatic carbocycles. The molecule has 2 N–H and O–H groups in total. The Hall–Kier alpha value is -0.0800. The molecule has 0 fully saturated rings. The van der Waals surface area contributed by atoms with Crippen LogP contribution in [0.5, 0.6) is 0 Å². The third-order valence-corrected chi connectivity index (χ3v) is 2.99. The molecule has 0 saturated carbocycles. The van der Waals surface area contributed by atoms with Gasteiger partial charge in [-0.25, -0.2) is 0 Å². The third-order valence-electron chi connectivity index (χ3n) is 2.99. The maximum Gasteiger partial charge on any atom is 0.0216 e. The van der Waals surface area contributed by atoms with Crippen LogP contribution in [0.25, 0.3) is 0 Å². The number of nitrogens with zero attached hydrogens (tertiary/aromatic N) is 1. The monoisotopic (exact) mass is 186 g/mol. The van der Waals surface area contributed by atoms with Crippen molar-refractivity contribution in [2.75, 3.05) is 13.1 Å². The van der Waals surface area contributed by atoms with Crippen molar-refractivity contribution in [3.05, 3.63) is 0 Å². The molecule has 0 bridgehead atoms. The predicted octanol–water partition coefficient (Wildman–Crippen LogP) is 2.09. The Morgan fingerprint density at radius 2 is 1.69 bits per heavy atom. The molecule has 0 radical (unpaired) electrons. The highest BCUT2D eigenvalue weighted by Gasteiger charge is 2.17. The fraction of sp³-hybridized carbons (Fsp3) is 1.00. The zero-order chi connectivity index (χ0) is 10.4. The van der Waals surface area contributed by atoms with Crippen molar-refractivity contribution in [2.24, 2.45) is 11.7 Å². The smallest absolute Gasteiger partial charge is 0.0216 e. The third kappa shape index (κ3) is 4.63. The van der Waals surface area contributed by atoms with Crippen molar-refractivity contribution in [3.8, 4) is 0 Å². The highest BCUT2D eigenvalue weighted by Crippen LogP contribution is 2.09. The van der Waals surface area contributed by atoms with E-state index in [4.69, 9.17) is 5.73 Å². The Morgan fingerprint density at radius 3 is 2.00 bits per heavy atom. The van der Waals surface area contributed by atoms with Crippen molar-refractivity contribution in [1.82, 2.24) is 4.90 Å². The first-order chi connectivity index (χ1) is 6.02. The molecule has 0 aromatic carbocycles. The molecule has 0 aliphatic rings. The molecule has 0 rings (SSSR count). The lowest BCUT2D eigenvalue weighted by molar-refractivity contribution is 0.171. The van der Waals surface area contributed by atoms with Crippen LogP contribution in [0.1, 0.15) is 41.0 Å². The second-order valence-corrected chi connectivity index (χ2v) is 4.20. The maximum absolute atomic E-state index is 5.89. The second kappa shape index (κ2) is 6.39. The van der Waals surface area contributed by atoms with E-state index in [-0.39, 0.29) is 6.04 Å². The van der Waals surface area contributed by atoms with Gasteiger partial charge in [0.05, 0.1) is 0 Å². The van der Waals surface area contributed by atoms with Crippen molar-refractivity contribution in [1.29, 1.82) is 0 Å². The molecule has 0 amide bonds. The fourth-order valence-corrected chi connectivity index (χ4v) is 1.45. The molecule has 0 heterocycles. The van der Waals surface area contributed by atoms with Crippen LogP contribution >= 0.6 is 0 Å². The lowest BCUT2D eigenvalue weighted by Gasteiger charge is -2.32. The Bertz CT molecular complexity index is 123. The molecule has 3 unspecified atom stereocenters. The molecular formula is C11H26N2. The van der Waals surface area contributed by atoms with E-state index in [1.54, 1.807) is 0 Å². The van der Waals surface area contributed by atoms with Crippen LogP contribution < -0.4 is 5.73 Å². The Balaban J connectivity index is 4.01. The van der Waals surface area contributed by atoms with Crippen LogP contribution in [0.2, 0.25) is 0 Å². The zero-order valence-electron chi connectivity index (χ0n) is 9.88. The fourth-order valence-electron chi connectivity index (χ4n) is 1.45. The van der Waals surface area contributed by atoms with Gasteiger partial charge in [-0.2, -0.15) is 0 Å². The summed E-state index contributed by atoms with van der Waals surface area (Å²) in [5.74, 6) is 0.779. The zero-order valence-corrected chi connectivity index (χ0v) is 9.88. The summed E-state index contributed by atoms with van der Waals surface area (Å²) in [5.41, 5.74) is 5.89. The lowest BCUT2D eigenvalue weighted by Crippen LogP contribution is -2.45. The van der Waals surface area contributed by atoms with E-state index in [0.717, 1.165) is 12.5 Å². The van der Waals surface area contributed by atoms with E-state index < -0.39 is 0 Å². The molecule has 13 heavy (non-hydrogen) atoms. The van der Waals surface area contributed by atoms with E-state index in [0.29, 0.717) is 6.04 Å². The van der Waals surface area contributed by atoms with Crippen molar-refractivity contribution in [2.45, 2.75) is 53.1 Å². The molecule has 0 aromatic rings. The molecule has 0 aromatic heterocycles. The van der Waals surface area contributed by atoms with Crippen molar-refractivity contribution in [3.63, 3.8) is 0 Å². The van der Waals surface area contributed by atoms with Gasteiger partial charge >= 0.3 is 0 Å². The summed E-state index contributed by atoms with van der Waals surface area (Å²) in [6.45, 7) is 13.3. The van der Waals surface area contributed by atoms with Crippen LogP contribution in [0.4, 0.5) is 0 Å². The highest BCUT2D eigenvalue weighted by atomic mass is 15.2. The molecule has 0 spiro atoms. The minimum atomic E-state index is 0.268. The standard InChI is InChI=1S/C11H26N2/c1-6-9(3)8-13(7-2)11(5)10(4)12/h9-11H,6-8,12H2,1-5H3. The maximum atomic E-state index is 5.89. The van der Waals surface area contributed by atoms with Gasteiger partial charge in [-0.3, -0.25) is 4.90 Å². The summed E-state index contributed by atoms with van der Waals surface area (Å²) in [6, 6.07) is 0.767. The van der Waals surface area contributed by atoms with Gasteiger partial charge in [-0.1, -0.05) is 27.2 Å². The molecule has 2 nitrogen and oxygen atoms in total. The van der Waals surface area contributed by atoms with Gasteiger partial charge in [0, 0.05) is 18.6 Å². The quantitative estimate of drug-likeness (QED) is 0.688.